The number of allylic oxidation sites excluding steroid dienone is 4. The van der Waals surface area contributed by atoms with E-state index in [1.165, 1.54) is 0 Å². The van der Waals surface area contributed by atoms with Crippen LogP contribution in [0.2, 0.25) is 0 Å². The van der Waals surface area contributed by atoms with E-state index in [0.717, 1.165) is 31.4 Å². The number of fused-ring (bicyclic) bond motifs is 2. The highest BCUT2D eigenvalue weighted by molar-refractivity contribution is 6.09. The number of ether oxygens (including phenoxy) is 1. The molecule has 4 saturated heterocycles. The molecule has 5 aliphatic heterocycles. The minimum absolute atomic E-state index is 0.0361. The van der Waals surface area contributed by atoms with Gasteiger partial charge in [-0.2, -0.15) is 0 Å². The first-order chi connectivity index (χ1) is 11.7. The SMILES string of the molecule is O=C(OC1C[C@@H]2CC3C[C@H](C1)N2CC3=O)C1=CN=C2C=CC=CC12. The molecule has 0 radical (unpaired) electrons. The van der Waals surface area contributed by atoms with E-state index in [1.54, 1.807) is 6.20 Å². The van der Waals surface area contributed by atoms with Gasteiger partial charge in [0.05, 0.1) is 23.7 Å². The average molecular weight is 324 g/mol. The van der Waals surface area contributed by atoms with E-state index in [-0.39, 0.29) is 23.9 Å². The Balaban J connectivity index is 1.26. The van der Waals surface area contributed by atoms with Crippen LogP contribution in [0.1, 0.15) is 25.7 Å². The first-order valence-corrected chi connectivity index (χ1v) is 8.81. The van der Waals surface area contributed by atoms with Crippen molar-refractivity contribution in [3.05, 3.63) is 36.1 Å². The van der Waals surface area contributed by atoms with Crippen molar-refractivity contribution < 1.29 is 14.3 Å². The number of nitrogens with zero attached hydrogens (tertiary/aromatic N) is 2. The second kappa shape index (κ2) is 5.24. The number of carbonyl (C=O) groups excluding carboxylic acids is 2. The van der Waals surface area contributed by atoms with E-state index in [2.05, 4.69) is 9.89 Å². The number of hydrogen-bond acceptors (Lipinski definition) is 5. The van der Waals surface area contributed by atoms with Crippen molar-refractivity contribution in [2.75, 3.05) is 6.54 Å². The molecule has 5 heterocycles. The second-order valence-electron chi connectivity index (χ2n) is 7.47. The molecule has 4 fully saturated rings. The van der Waals surface area contributed by atoms with Crippen LogP contribution in [-0.2, 0) is 14.3 Å². The Labute approximate surface area is 140 Å². The predicted molar refractivity (Wildman–Crippen MR) is 88.4 cm³/mol. The minimum atomic E-state index is -0.236. The van der Waals surface area contributed by atoms with Crippen molar-refractivity contribution in [2.45, 2.75) is 43.9 Å². The molecule has 0 aromatic rings. The summed E-state index contributed by atoms with van der Waals surface area (Å²) in [6.07, 6.45) is 13.0. The average Bonchev–Trinajstić information content (AvgIpc) is 2.99. The Hall–Kier alpha value is -2.01. The normalized spacial score (nSPS) is 41.8. The quantitative estimate of drug-likeness (QED) is 0.727. The van der Waals surface area contributed by atoms with Gasteiger partial charge in [0.25, 0.3) is 0 Å². The first kappa shape index (κ1) is 14.3. The molecular weight excluding hydrogens is 304 g/mol. The minimum Gasteiger partial charge on any atom is -0.459 e. The molecular formula is C19H20N2O3. The van der Waals surface area contributed by atoms with Gasteiger partial charge in [0, 0.05) is 37.0 Å². The third-order valence-corrected chi connectivity index (χ3v) is 6.11. The fourth-order valence-corrected chi connectivity index (χ4v) is 4.96. The fraction of sp³-hybridized carbons (Fsp3) is 0.526. The van der Waals surface area contributed by atoms with E-state index < -0.39 is 0 Å². The Morgan fingerprint density at radius 2 is 1.96 bits per heavy atom. The van der Waals surface area contributed by atoms with Crippen LogP contribution in [0.5, 0.6) is 0 Å². The molecule has 0 spiro atoms. The van der Waals surface area contributed by atoms with Crippen molar-refractivity contribution in [2.24, 2.45) is 16.8 Å². The Kier molecular flexibility index (Phi) is 3.13. The molecule has 6 rings (SSSR count). The molecule has 0 amide bonds. The standard InChI is InChI=1S/C19H20N2O3/c22-18-10-21-12-5-11(18)6-13(21)8-14(7-12)24-19(23)16-9-20-17-4-2-1-3-15(16)17/h1-4,9,11-15H,5-8,10H2/t11?,12-,13+,14?,15?. The molecule has 0 saturated carbocycles. The smallest absolute Gasteiger partial charge is 0.336 e. The summed E-state index contributed by atoms with van der Waals surface area (Å²) in [6, 6.07) is 0.805. The molecule has 4 bridgehead atoms. The van der Waals surface area contributed by atoms with E-state index in [1.807, 2.05) is 24.3 Å². The van der Waals surface area contributed by atoms with E-state index in [0.29, 0.717) is 30.0 Å². The van der Waals surface area contributed by atoms with Gasteiger partial charge in [-0.1, -0.05) is 18.2 Å². The topological polar surface area (TPSA) is 59.0 Å². The number of aliphatic imine (C=N–C) groups is 1. The second-order valence-corrected chi connectivity index (χ2v) is 7.47. The number of Topliss-reactive ketones (excluding diaryl/α,β-unsaturated/α-hetero) is 1. The summed E-state index contributed by atoms with van der Waals surface area (Å²) >= 11 is 0. The number of carbonyl (C=O) groups is 2. The molecule has 5 nitrogen and oxygen atoms in total. The summed E-state index contributed by atoms with van der Waals surface area (Å²) in [7, 11) is 0. The molecule has 5 heteroatoms. The lowest BCUT2D eigenvalue weighted by molar-refractivity contribution is -0.159. The van der Waals surface area contributed by atoms with E-state index >= 15 is 0 Å². The van der Waals surface area contributed by atoms with Gasteiger partial charge in [-0.15, -0.1) is 0 Å². The Bertz CT molecular complexity index is 717. The summed E-state index contributed by atoms with van der Waals surface area (Å²) in [6.45, 7) is 0.599. The molecule has 6 atom stereocenters. The van der Waals surface area contributed by atoms with Gasteiger partial charge in [0.1, 0.15) is 11.9 Å². The maximum absolute atomic E-state index is 12.6. The molecule has 6 aliphatic rings. The number of esters is 1. The molecule has 1 aliphatic carbocycles. The maximum atomic E-state index is 12.6. The number of piperidine rings is 4. The molecule has 0 aromatic heterocycles. The Morgan fingerprint density at radius 1 is 1.17 bits per heavy atom. The van der Waals surface area contributed by atoms with Crippen LogP contribution >= 0.6 is 0 Å². The maximum Gasteiger partial charge on any atom is 0.336 e. The number of ketones is 1. The van der Waals surface area contributed by atoms with E-state index in [4.69, 9.17) is 4.74 Å². The van der Waals surface area contributed by atoms with Gasteiger partial charge in [-0.3, -0.25) is 14.7 Å². The third-order valence-electron chi connectivity index (χ3n) is 6.11. The van der Waals surface area contributed by atoms with Crippen molar-refractivity contribution in [3.8, 4) is 0 Å². The highest BCUT2D eigenvalue weighted by Gasteiger charge is 2.49. The molecule has 24 heavy (non-hydrogen) atoms. The summed E-state index contributed by atoms with van der Waals surface area (Å²) in [4.78, 5) is 31.2. The van der Waals surface area contributed by atoms with E-state index in [9.17, 15) is 9.59 Å². The molecule has 124 valence electrons. The van der Waals surface area contributed by atoms with Crippen molar-refractivity contribution in [1.29, 1.82) is 0 Å². The van der Waals surface area contributed by atoms with Crippen molar-refractivity contribution in [1.82, 2.24) is 4.90 Å². The Morgan fingerprint density at radius 3 is 2.71 bits per heavy atom. The van der Waals surface area contributed by atoms with Crippen LogP contribution in [0.25, 0.3) is 0 Å². The lowest BCUT2D eigenvalue weighted by atomic mass is 9.72. The van der Waals surface area contributed by atoms with Crippen LogP contribution in [0, 0.1) is 11.8 Å². The predicted octanol–water partition coefficient (Wildman–Crippen LogP) is 1.80. The van der Waals surface area contributed by atoms with Gasteiger partial charge >= 0.3 is 5.97 Å². The summed E-state index contributed by atoms with van der Waals surface area (Å²) in [5.41, 5.74) is 1.55. The summed E-state index contributed by atoms with van der Waals surface area (Å²) < 4.78 is 5.85. The monoisotopic (exact) mass is 324 g/mol. The zero-order valence-electron chi connectivity index (χ0n) is 13.4. The molecule has 4 unspecified atom stereocenters. The van der Waals surface area contributed by atoms with Gasteiger partial charge in [0.15, 0.2) is 0 Å². The number of hydrogen-bond donors (Lipinski definition) is 0. The molecule has 0 N–H and O–H groups in total. The van der Waals surface area contributed by atoms with Crippen LogP contribution < -0.4 is 0 Å². The number of rotatable bonds is 2. The van der Waals surface area contributed by atoms with Crippen LogP contribution in [0.15, 0.2) is 41.1 Å². The zero-order valence-corrected chi connectivity index (χ0v) is 13.4. The van der Waals surface area contributed by atoms with Crippen LogP contribution in [0.4, 0.5) is 0 Å². The van der Waals surface area contributed by atoms with Crippen LogP contribution in [-0.4, -0.2) is 47.1 Å². The van der Waals surface area contributed by atoms with Gasteiger partial charge in [0.2, 0.25) is 0 Å². The summed E-state index contributed by atoms with van der Waals surface area (Å²) in [5.74, 6) is 0.355. The summed E-state index contributed by atoms with van der Waals surface area (Å²) in [5, 5.41) is 0. The highest BCUT2D eigenvalue weighted by atomic mass is 16.5. The molecule has 0 aromatic carbocycles. The highest BCUT2D eigenvalue weighted by Crippen LogP contribution is 2.42. The zero-order chi connectivity index (χ0) is 16.3. The van der Waals surface area contributed by atoms with Gasteiger partial charge in [-0.25, -0.2) is 4.79 Å². The van der Waals surface area contributed by atoms with Gasteiger partial charge in [-0.05, 0) is 18.9 Å². The fourth-order valence-electron chi connectivity index (χ4n) is 4.96. The van der Waals surface area contributed by atoms with Crippen molar-refractivity contribution >= 4 is 17.5 Å². The van der Waals surface area contributed by atoms with Crippen LogP contribution in [0.3, 0.4) is 0 Å². The first-order valence-electron chi connectivity index (χ1n) is 8.81. The van der Waals surface area contributed by atoms with Crippen molar-refractivity contribution in [3.63, 3.8) is 0 Å². The largest absolute Gasteiger partial charge is 0.459 e. The third kappa shape index (κ3) is 2.14. The lowest BCUT2D eigenvalue weighted by Crippen LogP contribution is -2.63. The van der Waals surface area contributed by atoms with Gasteiger partial charge < -0.3 is 4.74 Å². The lowest BCUT2D eigenvalue weighted by Gasteiger charge is -2.54.